The minimum absolute atomic E-state index is 1.11. The lowest BCUT2D eigenvalue weighted by molar-refractivity contribution is 0.534. The topological polar surface area (TPSA) is 12.0 Å². The van der Waals surface area contributed by atoms with Crippen molar-refractivity contribution in [3.05, 3.63) is 0 Å². The molecule has 1 heteroatoms. The molecule has 1 rings (SSSR count). The Morgan fingerprint density at radius 1 is 0.684 bits per heavy atom. The first kappa shape index (κ1) is 17.0. The van der Waals surface area contributed by atoms with Gasteiger partial charge in [0.2, 0.25) is 0 Å². The SMILES string of the molecule is CCCCCCCCCCCCNCCCC1CC1. The lowest BCUT2D eigenvalue weighted by Crippen LogP contribution is -2.16. The quantitative estimate of drug-likeness (QED) is 0.376. The summed E-state index contributed by atoms with van der Waals surface area (Å²) in [6.07, 6.45) is 20.3. The van der Waals surface area contributed by atoms with E-state index < -0.39 is 0 Å². The maximum Gasteiger partial charge on any atom is -0.00488 e. The number of unbranched alkanes of at least 4 members (excludes halogenated alkanes) is 9. The van der Waals surface area contributed by atoms with Gasteiger partial charge in [0, 0.05) is 0 Å². The van der Waals surface area contributed by atoms with Gasteiger partial charge >= 0.3 is 0 Å². The van der Waals surface area contributed by atoms with Gasteiger partial charge in [0.15, 0.2) is 0 Å². The molecule has 1 nitrogen and oxygen atoms in total. The van der Waals surface area contributed by atoms with Gasteiger partial charge in [-0.05, 0) is 38.3 Å². The number of hydrogen-bond acceptors (Lipinski definition) is 1. The van der Waals surface area contributed by atoms with E-state index in [1.54, 1.807) is 0 Å². The summed E-state index contributed by atoms with van der Waals surface area (Å²) >= 11 is 0. The van der Waals surface area contributed by atoms with E-state index >= 15 is 0 Å². The standard InChI is InChI=1S/C18H37N/c1-2-3-4-5-6-7-8-9-10-11-16-19-17-12-13-18-14-15-18/h18-19H,2-17H2,1H3. The molecule has 1 aliphatic carbocycles. The fraction of sp³-hybridized carbons (Fsp3) is 1.00. The molecule has 1 aliphatic rings. The molecule has 114 valence electrons. The predicted octanol–water partition coefficient (Wildman–Crippen LogP) is 5.69. The van der Waals surface area contributed by atoms with Crippen molar-refractivity contribution in [2.45, 2.75) is 96.8 Å². The summed E-state index contributed by atoms with van der Waals surface area (Å²) in [4.78, 5) is 0. The van der Waals surface area contributed by atoms with Crippen LogP contribution < -0.4 is 5.32 Å². The Bertz CT molecular complexity index is 175. The van der Waals surface area contributed by atoms with Gasteiger partial charge in [-0.1, -0.05) is 77.6 Å². The van der Waals surface area contributed by atoms with Crippen molar-refractivity contribution in [1.29, 1.82) is 0 Å². The molecular weight excluding hydrogens is 230 g/mol. The number of nitrogens with one attached hydrogen (secondary N) is 1. The molecule has 0 heterocycles. The van der Waals surface area contributed by atoms with Crippen LogP contribution in [0.4, 0.5) is 0 Å². The van der Waals surface area contributed by atoms with Crippen LogP contribution in [-0.4, -0.2) is 13.1 Å². The smallest absolute Gasteiger partial charge is 0.00488 e. The van der Waals surface area contributed by atoms with E-state index in [9.17, 15) is 0 Å². The first-order chi connectivity index (χ1) is 9.43. The van der Waals surface area contributed by atoms with Crippen LogP contribution in [0.5, 0.6) is 0 Å². The van der Waals surface area contributed by atoms with Crippen LogP contribution in [0, 0.1) is 5.92 Å². The minimum Gasteiger partial charge on any atom is -0.317 e. The van der Waals surface area contributed by atoms with Crippen molar-refractivity contribution < 1.29 is 0 Å². The summed E-state index contributed by atoms with van der Waals surface area (Å²) in [5.41, 5.74) is 0. The highest BCUT2D eigenvalue weighted by Gasteiger charge is 2.19. The zero-order valence-corrected chi connectivity index (χ0v) is 13.4. The number of hydrogen-bond donors (Lipinski definition) is 1. The highest BCUT2D eigenvalue weighted by Crippen LogP contribution is 2.33. The summed E-state index contributed by atoms with van der Waals surface area (Å²) in [7, 11) is 0. The highest BCUT2D eigenvalue weighted by atomic mass is 14.8. The lowest BCUT2D eigenvalue weighted by Gasteiger charge is -2.04. The Morgan fingerprint density at radius 3 is 1.79 bits per heavy atom. The normalized spacial score (nSPS) is 15.0. The third-order valence-electron chi connectivity index (χ3n) is 4.37. The van der Waals surface area contributed by atoms with E-state index in [1.807, 2.05) is 0 Å². The average Bonchev–Trinajstić information content (AvgIpc) is 3.23. The van der Waals surface area contributed by atoms with Gasteiger partial charge in [-0.25, -0.2) is 0 Å². The molecule has 0 aliphatic heterocycles. The van der Waals surface area contributed by atoms with Gasteiger partial charge in [-0.15, -0.1) is 0 Å². The van der Waals surface area contributed by atoms with Crippen molar-refractivity contribution in [1.82, 2.24) is 5.32 Å². The fourth-order valence-corrected chi connectivity index (χ4v) is 2.78. The largest absolute Gasteiger partial charge is 0.317 e. The Hall–Kier alpha value is -0.0400. The molecule has 0 radical (unpaired) electrons. The molecule has 0 unspecified atom stereocenters. The van der Waals surface area contributed by atoms with Gasteiger partial charge in [-0.2, -0.15) is 0 Å². The molecule has 19 heavy (non-hydrogen) atoms. The van der Waals surface area contributed by atoms with Crippen LogP contribution in [-0.2, 0) is 0 Å². The molecule has 0 spiro atoms. The van der Waals surface area contributed by atoms with Crippen molar-refractivity contribution in [3.63, 3.8) is 0 Å². The van der Waals surface area contributed by atoms with Crippen LogP contribution in [0.25, 0.3) is 0 Å². The molecule has 0 aromatic carbocycles. The summed E-state index contributed by atoms with van der Waals surface area (Å²) in [6, 6.07) is 0. The Kier molecular flexibility index (Phi) is 11.6. The summed E-state index contributed by atoms with van der Waals surface area (Å²) in [6.45, 7) is 4.80. The van der Waals surface area contributed by atoms with Crippen LogP contribution >= 0.6 is 0 Å². The molecule has 0 bridgehead atoms. The van der Waals surface area contributed by atoms with Crippen LogP contribution in [0.2, 0.25) is 0 Å². The molecule has 0 amide bonds. The van der Waals surface area contributed by atoms with Crippen LogP contribution in [0.1, 0.15) is 96.8 Å². The van der Waals surface area contributed by atoms with Gasteiger partial charge in [0.25, 0.3) is 0 Å². The predicted molar refractivity (Wildman–Crippen MR) is 86.7 cm³/mol. The minimum atomic E-state index is 1.11. The van der Waals surface area contributed by atoms with Gasteiger partial charge in [0.1, 0.15) is 0 Å². The van der Waals surface area contributed by atoms with Gasteiger partial charge in [-0.3, -0.25) is 0 Å². The van der Waals surface area contributed by atoms with Crippen molar-refractivity contribution in [3.8, 4) is 0 Å². The Morgan fingerprint density at radius 2 is 1.21 bits per heavy atom. The molecule has 1 saturated carbocycles. The molecule has 1 N–H and O–H groups in total. The highest BCUT2D eigenvalue weighted by molar-refractivity contribution is 4.72. The molecule has 0 saturated heterocycles. The fourth-order valence-electron chi connectivity index (χ4n) is 2.78. The Balaban J connectivity index is 1.60. The van der Waals surface area contributed by atoms with E-state index in [1.165, 1.54) is 103 Å². The van der Waals surface area contributed by atoms with Crippen LogP contribution in [0.3, 0.4) is 0 Å². The van der Waals surface area contributed by atoms with E-state index in [-0.39, 0.29) is 0 Å². The first-order valence-corrected chi connectivity index (χ1v) is 9.14. The molecule has 0 aromatic rings. The third kappa shape index (κ3) is 12.7. The van der Waals surface area contributed by atoms with Crippen molar-refractivity contribution in [2.24, 2.45) is 5.92 Å². The molecule has 1 fully saturated rings. The van der Waals surface area contributed by atoms with E-state index in [0.717, 1.165) is 5.92 Å². The van der Waals surface area contributed by atoms with Gasteiger partial charge < -0.3 is 5.32 Å². The monoisotopic (exact) mass is 267 g/mol. The second-order valence-corrected chi connectivity index (χ2v) is 6.52. The third-order valence-corrected chi connectivity index (χ3v) is 4.37. The van der Waals surface area contributed by atoms with Crippen molar-refractivity contribution in [2.75, 3.05) is 13.1 Å². The number of rotatable bonds is 15. The van der Waals surface area contributed by atoms with E-state index in [4.69, 9.17) is 0 Å². The summed E-state index contributed by atoms with van der Waals surface area (Å²) in [5.74, 6) is 1.11. The second kappa shape index (κ2) is 13.0. The summed E-state index contributed by atoms with van der Waals surface area (Å²) < 4.78 is 0. The lowest BCUT2D eigenvalue weighted by atomic mass is 10.1. The van der Waals surface area contributed by atoms with E-state index in [2.05, 4.69) is 12.2 Å². The molecule has 0 aromatic heterocycles. The maximum atomic E-state index is 3.59. The zero-order valence-electron chi connectivity index (χ0n) is 13.4. The second-order valence-electron chi connectivity index (χ2n) is 6.52. The molecular formula is C18H37N. The average molecular weight is 268 g/mol. The van der Waals surface area contributed by atoms with Crippen molar-refractivity contribution >= 4 is 0 Å². The van der Waals surface area contributed by atoms with E-state index in [0.29, 0.717) is 0 Å². The molecule has 0 atom stereocenters. The maximum absolute atomic E-state index is 3.59. The zero-order chi connectivity index (χ0) is 13.6. The first-order valence-electron chi connectivity index (χ1n) is 9.14. The van der Waals surface area contributed by atoms with Gasteiger partial charge in [0.05, 0.1) is 0 Å². The van der Waals surface area contributed by atoms with Crippen LogP contribution in [0.15, 0.2) is 0 Å². The summed E-state index contributed by atoms with van der Waals surface area (Å²) in [5, 5.41) is 3.59. The Labute approximate surface area is 121 Å².